The first-order chi connectivity index (χ1) is 17.9. The number of carbonyl (C=O) groups is 2. The molecule has 0 saturated carbocycles. The molecule has 2 heterocycles. The van der Waals surface area contributed by atoms with Crippen molar-refractivity contribution in [2.24, 2.45) is 5.92 Å². The quantitative estimate of drug-likeness (QED) is 0.360. The van der Waals surface area contributed by atoms with E-state index in [9.17, 15) is 18.4 Å². The second kappa shape index (κ2) is 9.40. The van der Waals surface area contributed by atoms with Gasteiger partial charge in [0.15, 0.2) is 17.4 Å². The molecule has 2 atom stereocenters. The van der Waals surface area contributed by atoms with Gasteiger partial charge in [-0.05, 0) is 79.0 Å². The Labute approximate surface area is 215 Å². The molecule has 2 saturated heterocycles. The summed E-state index contributed by atoms with van der Waals surface area (Å²) in [6, 6.07) is 18.7. The van der Waals surface area contributed by atoms with Gasteiger partial charge in [0.2, 0.25) is 0 Å². The minimum Gasteiger partial charge on any atom is -0.448 e. The Balaban J connectivity index is 1.17. The smallest absolute Gasteiger partial charge is 0.410 e. The van der Waals surface area contributed by atoms with E-state index in [1.807, 2.05) is 29.2 Å². The first kappa shape index (κ1) is 23.8. The number of rotatable bonds is 4. The Hall–Kier alpha value is -3.54. The third-order valence-corrected chi connectivity index (χ3v) is 8.50. The van der Waals surface area contributed by atoms with Crippen LogP contribution in [-0.4, -0.2) is 35.5 Å². The molecule has 0 N–H and O–H groups in total. The monoisotopic (exact) mass is 501 g/mol. The summed E-state index contributed by atoms with van der Waals surface area (Å²) >= 11 is 0. The SMILES string of the molecule is Cc1c(C(=O)C2CC3CCCC(C2)N3C(=O)OCC2c3ccccc3-c3ccccc32)ccc(F)c1F. The average molecular weight is 502 g/mol. The lowest BCUT2D eigenvalue weighted by molar-refractivity contribution is 0.00648. The number of ketones is 1. The summed E-state index contributed by atoms with van der Waals surface area (Å²) in [4.78, 5) is 28.5. The molecule has 4 nitrogen and oxygen atoms in total. The first-order valence-corrected chi connectivity index (χ1v) is 13.1. The largest absolute Gasteiger partial charge is 0.448 e. The molecule has 0 spiro atoms. The Bertz CT molecular complexity index is 1330. The third kappa shape index (κ3) is 4.03. The summed E-state index contributed by atoms with van der Waals surface area (Å²) < 4.78 is 33.7. The lowest BCUT2D eigenvalue weighted by Crippen LogP contribution is -2.56. The Morgan fingerprint density at radius 2 is 1.49 bits per heavy atom. The van der Waals surface area contributed by atoms with Crippen LogP contribution in [0.5, 0.6) is 0 Å². The average Bonchev–Trinajstić information content (AvgIpc) is 3.23. The number of ether oxygens (including phenoxy) is 1. The van der Waals surface area contributed by atoms with Gasteiger partial charge in [-0.1, -0.05) is 48.5 Å². The van der Waals surface area contributed by atoms with Crippen molar-refractivity contribution in [3.05, 3.63) is 94.6 Å². The van der Waals surface area contributed by atoms with Crippen LogP contribution in [0.15, 0.2) is 60.7 Å². The summed E-state index contributed by atoms with van der Waals surface area (Å²) in [6.07, 6.45) is 3.30. The molecule has 3 aliphatic rings. The fourth-order valence-electron chi connectivity index (χ4n) is 6.70. The van der Waals surface area contributed by atoms with E-state index < -0.39 is 11.6 Å². The molecule has 6 rings (SSSR count). The number of halogens is 2. The van der Waals surface area contributed by atoms with Crippen molar-refractivity contribution in [1.82, 2.24) is 4.90 Å². The molecule has 0 radical (unpaired) electrons. The minimum atomic E-state index is -0.970. The van der Waals surface area contributed by atoms with E-state index in [4.69, 9.17) is 4.74 Å². The number of carbonyl (C=O) groups excluding carboxylic acids is 2. The Kier molecular flexibility index (Phi) is 6.06. The van der Waals surface area contributed by atoms with E-state index in [-0.39, 0.29) is 53.5 Å². The van der Waals surface area contributed by atoms with Gasteiger partial charge in [-0.2, -0.15) is 0 Å². The highest BCUT2D eigenvalue weighted by molar-refractivity contribution is 5.99. The highest BCUT2D eigenvalue weighted by atomic mass is 19.2. The molecule has 2 unspecified atom stereocenters. The maximum Gasteiger partial charge on any atom is 0.410 e. The van der Waals surface area contributed by atoms with Gasteiger partial charge in [-0.15, -0.1) is 0 Å². The molecule has 3 aromatic rings. The van der Waals surface area contributed by atoms with Gasteiger partial charge < -0.3 is 9.64 Å². The van der Waals surface area contributed by atoms with Crippen molar-refractivity contribution in [2.45, 2.75) is 57.0 Å². The summed E-state index contributed by atoms with van der Waals surface area (Å²) in [5, 5.41) is 0. The Morgan fingerprint density at radius 1 is 0.892 bits per heavy atom. The van der Waals surface area contributed by atoms with Crippen LogP contribution in [0, 0.1) is 24.5 Å². The summed E-state index contributed by atoms with van der Waals surface area (Å²) in [6.45, 7) is 1.71. The maximum absolute atomic E-state index is 14.1. The zero-order valence-electron chi connectivity index (χ0n) is 20.8. The van der Waals surface area contributed by atoms with Crippen LogP contribution in [-0.2, 0) is 4.74 Å². The van der Waals surface area contributed by atoms with E-state index in [2.05, 4.69) is 24.3 Å². The molecule has 37 heavy (non-hydrogen) atoms. The Morgan fingerprint density at radius 3 is 2.11 bits per heavy atom. The predicted octanol–water partition coefficient (Wildman–Crippen LogP) is 7.04. The lowest BCUT2D eigenvalue weighted by Gasteiger charge is -2.47. The normalized spacial score (nSPS) is 22.4. The molecule has 1 aliphatic carbocycles. The maximum atomic E-state index is 14.1. The molecule has 0 aromatic heterocycles. The molecule has 1 amide bonds. The number of amides is 1. The van der Waals surface area contributed by atoms with Crippen LogP contribution in [0.2, 0.25) is 0 Å². The van der Waals surface area contributed by atoms with Crippen molar-refractivity contribution in [1.29, 1.82) is 0 Å². The number of hydrogen-bond donors (Lipinski definition) is 0. The summed E-state index contributed by atoms with van der Waals surface area (Å²) in [5.41, 5.74) is 4.99. The first-order valence-electron chi connectivity index (χ1n) is 13.1. The number of nitrogens with zero attached hydrogens (tertiary/aromatic N) is 1. The number of Topliss-reactive ketones (excluding diaryl/α,β-unsaturated/α-hetero) is 1. The predicted molar refractivity (Wildman–Crippen MR) is 136 cm³/mol. The van der Waals surface area contributed by atoms with Crippen LogP contribution in [0.3, 0.4) is 0 Å². The van der Waals surface area contributed by atoms with Gasteiger partial charge in [-0.25, -0.2) is 13.6 Å². The number of fused-ring (bicyclic) bond motifs is 5. The van der Waals surface area contributed by atoms with Crippen molar-refractivity contribution >= 4 is 11.9 Å². The second-order valence-electron chi connectivity index (χ2n) is 10.5. The molecule has 2 bridgehead atoms. The number of benzene rings is 3. The number of piperidine rings is 2. The van der Waals surface area contributed by atoms with E-state index in [0.29, 0.717) is 12.8 Å². The molecular weight excluding hydrogens is 472 g/mol. The number of hydrogen-bond acceptors (Lipinski definition) is 3. The molecule has 2 aliphatic heterocycles. The second-order valence-corrected chi connectivity index (χ2v) is 10.5. The van der Waals surface area contributed by atoms with Crippen LogP contribution in [0.4, 0.5) is 13.6 Å². The van der Waals surface area contributed by atoms with Gasteiger partial charge >= 0.3 is 6.09 Å². The lowest BCUT2D eigenvalue weighted by atomic mass is 9.75. The van der Waals surface area contributed by atoms with Crippen molar-refractivity contribution < 1.29 is 23.1 Å². The van der Waals surface area contributed by atoms with E-state index in [0.717, 1.165) is 25.3 Å². The fourth-order valence-corrected chi connectivity index (χ4v) is 6.70. The standard InChI is InChI=1S/C31H29F2NO3/c1-18-22(13-14-28(32)29(18)33)30(35)19-15-20-7-6-8-21(16-19)34(20)31(36)37-17-27-25-11-4-2-9-23(25)24-10-3-5-12-26(24)27/h2-5,9-14,19-21,27H,6-8,15-17H2,1H3. The van der Waals surface area contributed by atoms with Crippen LogP contribution < -0.4 is 0 Å². The zero-order chi connectivity index (χ0) is 25.7. The van der Waals surface area contributed by atoms with Gasteiger partial charge in [0.05, 0.1) is 0 Å². The topological polar surface area (TPSA) is 46.6 Å². The fraction of sp³-hybridized carbons (Fsp3) is 0.355. The van der Waals surface area contributed by atoms with Crippen LogP contribution >= 0.6 is 0 Å². The van der Waals surface area contributed by atoms with Gasteiger partial charge in [-0.3, -0.25) is 4.79 Å². The van der Waals surface area contributed by atoms with Gasteiger partial charge in [0.25, 0.3) is 0 Å². The third-order valence-electron chi connectivity index (χ3n) is 8.50. The zero-order valence-corrected chi connectivity index (χ0v) is 20.8. The highest BCUT2D eigenvalue weighted by Crippen LogP contribution is 2.45. The van der Waals surface area contributed by atoms with Crippen LogP contribution in [0.25, 0.3) is 11.1 Å². The summed E-state index contributed by atoms with van der Waals surface area (Å²) in [7, 11) is 0. The van der Waals surface area contributed by atoms with Gasteiger partial charge in [0, 0.05) is 29.5 Å². The molecule has 6 heteroatoms. The van der Waals surface area contributed by atoms with E-state index >= 15 is 0 Å². The molecule has 2 fully saturated rings. The summed E-state index contributed by atoms with van der Waals surface area (Å²) in [5.74, 6) is -2.42. The minimum absolute atomic E-state index is 0.00773. The van der Waals surface area contributed by atoms with Crippen LogP contribution in [0.1, 0.15) is 65.1 Å². The van der Waals surface area contributed by atoms with E-state index in [1.165, 1.54) is 35.2 Å². The van der Waals surface area contributed by atoms with Crippen molar-refractivity contribution in [3.63, 3.8) is 0 Å². The molecular formula is C31H29F2NO3. The molecule has 190 valence electrons. The van der Waals surface area contributed by atoms with Crippen molar-refractivity contribution in [3.8, 4) is 11.1 Å². The van der Waals surface area contributed by atoms with Crippen molar-refractivity contribution in [2.75, 3.05) is 6.61 Å². The van der Waals surface area contributed by atoms with E-state index in [1.54, 1.807) is 0 Å². The highest BCUT2D eigenvalue weighted by Gasteiger charge is 2.44. The van der Waals surface area contributed by atoms with Gasteiger partial charge in [0.1, 0.15) is 6.61 Å². The molecule has 3 aromatic carbocycles.